The predicted octanol–water partition coefficient (Wildman–Crippen LogP) is 3.24. The normalized spacial score (nSPS) is 14.6. The van der Waals surface area contributed by atoms with Crippen molar-refractivity contribution in [1.29, 1.82) is 0 Å². The molecule has 1 aromatic carbocycles. The number of carbonyl (C=O) groups excluding carboxylic acids is 1. The molecule has 1 aliphatic heterocycles. The van der Waals surface area contributed by atoms with Gasteiger partial charge in [-0.1, -0.05) is 12.1 Å². The lowest BCUT2D eigenvalue weighted by molar-refractivity contribution is 0.0990. The molecule has 5 nitrogen and oxygen atoms in total. The first-order valence-electron chi connectivity index (χ1n) is 8.05. The molecule has 0 N–H and O–H groups in total. The van der Waals surface area contributed by atoms with Gasteiger partial charge in [-0.2, -0.15) is 0 Å². The van der Waals surface area contributed by atoms with E-state index in [1.165, 1.54) is 0 Å². The van der Waals surface area contributed by atoms with Gasteiger partial charge < -0.3 is 4.57 Å². The van der Waals surface area contributed by atoms with Crippen LogP contribution in [0.4, 0.5) is 0 Å². The lowest BCUT2D eigenvalue weighted by Crippen LogP contribution is -1.97. The van der Waals surface area contributed by atoms with Crippen LogP contribution in [0.2, 0.25) is 0 Å². The van der Waals surface area contributed by atoms with Crippen molar-refractivity contribution < 1.29 is 9.00 Å². The Hall–Kier alpha value is -2.60. The van der Waals surface area contributed by atoms with E-state index in [4.69, 9.17) is 0 Å². The highest BCUT2D eigenvalue weighted by atomic mass is 32.2. The second-order valence-electron chi connectivity index (χ2n) is 6.12. The van der Waals surface area contributed by atoms with Gasteiger partial charge in [0, 0.05) is 57.9 Å². The fraction of sp³-hybridized carbons (Fsp3) is 0.211. The number of imidazole rings is 1. The van der Waals surface area contributed by atoms with Gasteiger partial charge in [-0.05, 0) is 31.2 Å². The topological polar surface area (TPSA) is 64.8 Å². The monoisotopic (exact) mass is 351 g/mol. The zero-order valence-electron chi connectivity index (χ0n) is 14.0. The number of benzene rings is 1. The van der Waals surface area contributed by atoms with Crippen LogP contribution in [0.15, 0.2) is 47.5 Å². The van der Waals surface area contributed by atoms with Crippen LogP contribution < -0.4 is 0 Å². The van der Waals surface area contributed by atoms with Crippen LogP contribution in [0.3, 0.4) is 0 Å². The van der Waals surface area contributed by atoms with Crippen molar-refractivity contribution in [3.63, 3.8) is 0 Å². The molecule has 6 heteroatoms. The molecular weight excluding hydrogens is 334 g/mol. The molecular formula is C19H17N3O2S. The fourth-order valence-electron chi connectivity index (χ4n) is 3.20. The van der Waals surface area contributed by atoms with Crippen LogP contribution in [-0.2, 0) is 17.3 Å². The van der Waals surface area contributed by atoms with Crippen LogP contribution in [-0.4, -0.2) is 30.8 Å². The summed E-state index contributed by atoms with van der Waals surface area (Å²) in [5.41, 5.74) is 4.55. The van der Waals surface area contributed by atoms with Gasteiger partial charge in [-0.15, -0.1) is 0 Å². The molecule has 0 amide bonds. The molecule has 3 heterocycles. The number of fused-ring (bicyclic) bond motifs is 1. The molecule has 4 rings (SSSR count). The van der Waals surface area contributed by atoms with Crippen LogP contribution >= 0.6 is 0 Å². The first kappa shape index (κ1) is 15.9. The number of rotatable bonds is 3. The summed E-state index contributed by atoms with van der Waals surface area (Å²) in [5.74, 6) is 0.590. The van der Waals surface area contributed by atoms with Crippen LogP contribution in [0.1, 0.15) is 22.7 Å². The quantitative estimate of drug-likeness (QED) is 0.727. The first-order chi connectivity index (χ1) is 12.0. The highest BCUT2D eigenvalue weighted by molar-refractivity contribution is 7.84. The third-order valence-corrected chi connectivity index (χ3v) is 5.35. The highest BCUT2D eigenvalue weighted by Crippen LogP contribution is 2.35. The maximum atomic E-state index is 12.2. The lowest BCUT2D eigenvalue weighted by Gasteiger charge is -2.09. The Labute approximate surface area is 148 Å². The van der Waals surface area contributed by atoms with Gasteiger partial charge >= 0.3 is 0 Å². The number of aromatic nitrogens is 3. The fourth-order valence-corrected chi connectivity index (χ4v) is 3.72. The summed E-state index contributed by atoms with van der Waals surface area (Å²) in [6.07, 6.45) is 3.92. The Morgan fingerprint density at radius 2 is 1.88 bits per heavy atom. The van der Waals surface area contributed by atoms with Crippen molar-refractivity contribution in [1.82, 2.24) is 14.5 Å². The summed E-state index contributed by atoms with van der Waals surface area (Å²) in [7, 11) is -1.02. The van der Waals surface area contributed by atoms with Gasteiger partial charge in [0.05, 0.1) is 11.4 Å². The number of ketones is 1. The Balaban J connectivity index is 1.92. The van der Waals surface area contributed by atoms with Gasteiger partial charge in [-0.25, -0.2) is 4.98 Å². The van der Waals surface area contributed by atoms with E-state index in [0.29, 0.717) is 18.8 Å². The molecule has 0 spiro atoms. The minimum absolute atomic E-state index is 0.0737. The summed E-state index contributed by atoms with van der Waals surface area (Å²) in [4.78, 5) is 21.8. The van der Waals surface area contributed by atoms with E-state index in [-0.39, 0.29) is 5.78 Å². The van der Waals surface area contributed by atoms with E-state index in [2.05, 4.69) is 9.97 Å². The van der Waals surface area contributed by atoms with Gasteiger partial charge in [0.2, 0.25) is 0 Å². The summed E-state index contributed by atoms with van der Waals surface area (Å²) in [5, 5.41) is 0. The molecule has 0 aliphatic carbocycles. The zero-order valence-corrected chi connectivity index (χ0v) is 14.8. The molecule has 1 aliphatic rings. The smallest absolute Gasteiger partial charge is 0.200 e. The molecule has 25 heavy (non-hydrogen) atoms. The molecule has 0 saturated heterocycles. The second-order valence-corrected chi connectivity index (χ2v) is 7.50. The minimum atomic E-state index is -1.02. The van der Waals surface area contributed by atoms with Crippen LogP contribution in [0.5, 0.6) is 0 Å². The summed E-state index contributed by atoms with van der Waals surface area (Å²) in [6.45, 7) is 2.59. The van der Waals surface area contributed by atoms with E-state index < -0.39 is 10.8 Å². The van der Waals surface area contributed by atoms with E-state index in [9.17, 15) is 9.00 Å². The predicted molar refractivity (Wildman–Crippen MR) is 96.9 cm³/mol. The van der Waals surface area contributed by atoms with E-state index in [0.717, 1.165) is 33.1 Å². The number of Topliss-reactive ketones (excluding diaryl/α,β-unsaturated/α-hetero) is 1. The number of aryl methyl sites for hydroxylation is 1. The molecule has 2 aromatic heterocycles. The van der Waals surface area contributed by atoms with Gasteiger partial charge in [0.15, 0.2) is 11.6 Å². The number of nitrogens with zero attached hydrogens (tertiary/aromatic N) is 3. The molecule has 0 saturated carbocycles. The first-order valence-corrected chi connectivity index (χ1v) is 9.61. The van der Waals surface area contributed by atoms with Crippen molar-refractivity contribution >= 4 is 16.6 Å². The average Bonchev–Trinajstić information content (AvgIpc) is 3.15. The maximum Gasteiger partial charge on any atom is 0.200 e. The van der Waals surface area contributed by atoms with Crippen molar-refractivity contribution in [2.75, 3.05) is 6.26 Å². The van der Waals surface area contributed by atoms with Gasteiger partial charge in [0.1, 0.15) is 0 Å². The highest BCUT2D eigenvalue weighted by Gasteiger charge is 2.28. The number of hydrogen-bond acceptors (Lipinski definition) is 4. The Morgan fingerprint density at radius 3 is 2.56 bits per heavy atom. The molecule has 1 unspecified atom stereocenters. The summed E-state index contributed by atoms with van der Waals surface area (Å²) in [6, 6.07) is 11.5. The van der Waals surface area contributed by atoms with Crippen molar-refractivity contribution in [3.8, 4) is 22.5 Å². The minimum Gasteiger partial charge on any atom is -0.321 e. The molecule has 0 fully saturated rings. The zero-order chi connectivity index (χ0) is 17.6. The SMILES string of the molecule is Cc1cc(-c2c(-c3ccc(S(C)=O)cc3)nc3n2CCC3=O)ccn1. The molecule has 3 aromatic rings. The van der Waals surface area contributed by atoms with Gasteiger partial charge in [-0.3, -0.25) is 14.0 Å². The van der Waals surface area contributed by atoms with E-state index >= 15 is 0 Å². The second kappa shape index (κ2) is 6.04. The number of hydrogen-bond donors (Lipinski definition) is 0. The summed E-state index contributed by atoms with van der Waals surface area (Å²) >= 11 is 0. The van der Waals surface area contributed by atoms with Crippen molar-refractivity contribution in [2.24, 2.45) is 0 Å². The third-order valence-electron chi connectivity index (χ3n) is 4.41. The van der Waals surface area contributed by atoms with Crippen molar-refractivity contribution in [2.45, 2.75) is 24.8 Å². The number of pyridine rings is 1. The molecule has 0 bridgehead atoms. The molecule has 126 valence electrons. The number of carbonyl (C=O) groups is 1. The Morgan fingerprint density at radius 1 is 1.12 bits per heavy atom. The Kier molecular flexibility index (Phi) is 3.84. The average molecular weight is 351 g/mol. The Bertz CT molecular complexity index is 1010. The van der Waals surface area contributed by atoms with Crippen LogP contribution in [0, 0.1) is 6.92 Å². The molecule has 0 radical (unpaired) electrons. The van der Waals surface area contributed by atoms with E-state index in [1.807, 2.05) is 47.9 Å². The van der Waals surface area contributed by atoms with Crippen molar-refractivity contribution in [3.05, 3.63) is 54.1 Å². The van der Waals surface area contributed by atoms with E-state index in [1.54, 1.807) is 12.5 Å². The standard InChI is InChI=1S/C19H17N3O2S/c1-12-11-14(7-9-20-12)18-17(21-19-16(23)8-10-22(18)19)13-3-5-15(6-4-13)25(2)24/h3-7,9,11H,8,10H2,1-2H3. The lowest BCUT2D eigenvalue weighted by atomic mass is 10.0. The van der Waals surface area contributed by atoms with Crippen LogP contribution in [0.25, 0.3) is 22.5 Å². The molecule has 1 atom stereocenters. The summed E-state index contributed by atoms with van der Waals surface area (Å²) < 4.78 is 13.6. The maximum absolute atomic E-state index is 12.2. The largest absolute Gasteiger partial charge is 0.321 e. The third kappa shape index (κ3) is 2.72. The van der Waals surface area contributed by atoms with Gasteiger partial charge in [0.25, 0.3) is 0 Å².